The molecule has 1 aliphatic rings. The van der Waals surface area contributed by atoms with Crippen molar-refractivity contribution in [3.05, 3.63) is 0 Å². The smallest absolute Gasteiger partial charge is 0.197 e. The molecule has 0 bridgehead atoms. The molecule has 1 saturated heterocycles. The zero-order chi connectivity index (χ0) is 12.4. The Morgan fingerprint density at radius 3 is 2.88 bits per heavy atom. The Morgan fingerprint density at radius 2 is 2.24 bits per heavy atom. The van der Waals surface area contributed by atoms with E-state index in [1.165, 1.54) is 18.0 Å². The van der Waals surface area contributed by atoms with Crippen molar-refractivity contribution in [2.45, 2.75) is 27.2 Å². The quantitative estimate of drug-likeness (QED) is 0.902. The third-order valence-corrected chi connectivity index (χ3v) is 4.47. The minimum atomic E-state index is 0.526. The highest BCUT2D eigenvalue weighted by atomic mass is 32.1. The number of nitrogens with zero attached hydrogens (tertiary/aromatic N) is 2. The van der Waals surface area contributed by atoms with E-state index in [1.54, 1.807) is 0 Å². The second-order valence-corrected chi connectivity index (χ2v) is 5.58. The van der Waals surface area contributed by atoms with Gasteiger partial charge in [0.15, 0.2) is 16.6 Å². The van der Waals surface area contributed by atoms with Gasteiger partial charge < -0.3 is 15.4 Å². The van der Waals surface area contributed by atoms with Crippen molar-refractivity contribution < 1.29 is 4.74 Å². The Hall–Kier alpha value is -0.970. The highest BCUT2D eigenvalue weighted by Crippen LogP contribution is 2.40. The highest BCUT2D eigenvalue weighted by molar-refractivity contribution is 7.11. The van der Waals surface area contributed by atoms with Gasteiger partial charge >= 0.3 is 0 Å². The van der Waals surface area contributed by atoms with Gasteiger partial charge in [-0.1, -0.05) is 13.8 Å². The molecular weight excluding hydrogens is 234 g/mol. The highest BCUT2D eigenvalue weighted by Gasteiger charge is 2.27. The average Bonchev–Trinajstić information content (AvgIpc) is 2.66. The van der Waals surface area contributed by atoms with E-state index < -0.39 is 0 Å². The topological polar surface area (TPSA) is 51.4 Å². The molecule has 1 aromatic heterocycles. The van der Waals surface area contributed by atoms with Crippen LogP contribution in [0.5, 0.6) is 5.75 Å². The molecule has 0 spiro atoms. The van der Waals surface area contributed by atoms with Gasteiger partial charge in [0.25, 0.3) is 0 Å². The van der Waals surface area contributed by atoms with Gasteiger partial charge in [0.2, 0.25) is 0 Å². The molecule has 96 valence electrons. The summed E-state index contributed by atoms with van der Waals surface area (Å²) in [7, 11) is 0. The molecule has 5 heteroatoms. The van der Waals surface area contributed by atoms with Crippen LogP contribution in [-0.2, 0) is 0 Å². The minimum Gasteiger partial charge on any atom is -0.487 e. The van der Waals surface area contributed by atoms with Gasteiger partial charge in [0.05, 0.1) is 6.61 Å². The van der Waals surface area contributed by atoms with Gasteiger partial charge in [-0.05, 0) is 36.7 Å². The predicted octanol–water partition coefficient (Wildman–Crippen LogP) is 2.61. The van der Waals surface area contributed by atoms with Crippen LogP contribution < -0.4 is 15.4 Å². The first-order valence-corrected chi connectivity index (χ1v) is 7.03. The number of hydrogen-bond acceptors (Lipinski definition) is 5. The Kier molecular flexibility index (Phi) is 3.76. The lowest BCUT2D eigenvalue weighted by molar-refractivity contribution is 0.316. The van der Waals surface area contributed by atoms with Crippen molar-refractivity contribution in [2.75, 3.05) is 30.3 Å². The molecule has 0 aliphatic carbocycles. The zero-order valence-electron chi connectivity index (χ0n) is 10.8. The monoisotopic (exact) mass is 255 g/mol. The van der Waals surface area contributed by atoms with Gasteiger partial charge in [-0.2, -0.15) is 4.37 Å². The minimum absolute atomic E-state index is 0.526. The Labute approximate surface area is 107 Å². The van der Waals surface area contributed by atoms with Crippen molar-refractivity contribution in [1.82, 2.24) is 4.37 Å². The van der Waals surface area contributed by atoms with Crippen molar-refractivity contribution in [1.29, 1.82) is 0 Å². The van der Waals surface area contributed by atoms with E-state index in [1.807, 2.05) is 6.92 Å². The molecule has 0 radical (unpaired) electrons. The maximum absolute atomic E-state index is 5.84. The van der Waals surface area contributed by atoms with E-state index in [0.717, 1.165) is 29.8 Å². The van der Waals surface area contributed by atoms with E-state index >= 15 is 0 Å². The van der Waals surface area contributed by atoms with Crippen LogP contribution in [0.1, 0.15) is 27.2 Å². The number of aromatic nitrogens is 1. The molecule has 4 nitrogen and oxygen atoms in total. The average molecular weight is 255 g/mol. The van der Waals surface area contributed by atoms with Gasteiger partial charge in [-0.15, -0.1) is 0 Å². The van der Waals surface area contributed by atoms with Crippen LogP contribution >= 0.6 is 11.5 Å². The maximum atomic E-state index is 5.84. The molecule has 2 N–H and O–H groups in total. The van der Waals surface area contributed by atoms with Crippen LogP contribution in [0.25, 0.3) is 0 Å². The molecule has 1 aliphatic heterocycles. The number of rotatable bonds is 3. The van der Waals surface area contributed by atoms with E-state index in [0.29, 0.717) is 18.3 Å². The fourth-order valence-corrected chi connectivity index (χ4v) is 3.01. The van der Waals surface area contributed by atoms with Crippen molar-refractivity contribution in [3.8, 4) is 5.75 Å². The second kappa shape index (κ2) is 5.12. The Bertz CT molecular complexity index is 380. The summed E-state index contributed by atoms with van der Waals surface area (Å²) in [5.41, 5.74) is 5.84. The molecule has 0 aromatic carbocycles. The first-order valence-electron chi connectivity index (χ1n) is 6.26. The summed E-state index contributed by atoms with van der Waals surface area (Å²) in [5.74, 6) is 2.81. The summed E-state index contributed by atoms with van der Waals surface area (Å²) in [6.45, 7) is 9.39. The standard InChI is InChI=1S/C12H21N3OS/c1-4-16-10-11(13)14-17-12(10)15-6-5-8(2)9(3)7-15/h8-9H,4-7H2,1-3H3,(H2,13,14). The third kappa shape index (κ3) is 2.49. The lowest BCUT2D eigenvalue weighted by Crippen LogP contribution is -2.38. The fraction of sp³-hybridized carbons (Fsp3) is 0.750. The van der Waals surface area contributed by atoms with Gasteiger partial charge in [0.1, 0.15) is 0 Å². The Balaban J connectivity index is 2.17. The summed E-state index contributed by atoms with van der Waals surface area (Å²) >= 11 is 1.45. The first-order chi connectivity index (χ1) is 8.13. The molecule has 2 heterocycles. The van der Waals surface area contributed by atoms with Gasteiger partial charge in [0, 0.05) is 13.1 Å². The molecule has 17 heavy (non-hydrogen) atoms. The SMILES string of the molecule is CCOc1c(N)nsc1N1CCC(C)C(C)C1. The second-order valence-electron chi connectivity index (χ2n) is 4.82. The molecule has 1 fully saturated rings. The summed E-state index contributed by atoms with van der Waals surface area (Å²) in [6, 6.07) is 0. The number of nitrogen functional groups attached to an aromatic ring is 1. The zero-order valence-corrected chi connectivity index (χ0v) is 11.6. The maximum Gasteiger partial charge on any atom is 0.197 e. The molecule has 2 unspecified atom stereocenters. The molecule has 0 saturated carbocycles. The Morgan fingerprint density at radius 1 is 1.47 bits per heavy atom. The largest absolute Gasteiger partial charge is 0.487 e. The van der Waals surface area contributed by atoms with Crippen LogP contribution in [0, 0.1) is 11.8 Å². The first kappa shape index (κ1) is 12.5. The summed E-state index contributed by atoms with van der Waals surface area (Å²) in [4.78, 5) is 2.36. The molecular formula is C12H21N3OS. The van der Waals surface area contributed by atoms with Crippen LogP contribution in [0.15, 0.2) is 0 Å². The molecule has 0 amide bonds. The van der Waals surface area contributed by atoms with Crippen molar-refractivity contribution >= 4 is 22.4 Å². The van der Waals surface area contributed by atoms with Crippen molar-refractivity contribution in [3.63, 3.8) is 0 Å². The summed E-state index contributed by atoms with van der Waals surface area (Å²) in [5, 5.41) is 1.10. The van der Waals surface area contributed by atoms with Crippen molar-refractivity contribution in [2.24, 2.45) is 11.8 Å². The van der Waals surface area contributed by atoms with E-state index in [9.17, 15) is 0 Å². The normalized spacial score (nSPS) is 25.0. The lowest BCUT2D eigenvalue weighted by Gasteiger charge is -2.35. The number of anilines is 2. The number of piperidine rings is 1. The third-order valence-electron chi connectivity index (χ3n) is 3.57. The van der Waals surface area contributed by atoms with Gasteiger partial charge in [-0.25, -0.2) is 0 Å². The number of hydrogen-bond donors (Lipinski definition) is 1. The van der Waals surface area contributed by atoms with Crippen LogP contribution in [-0.4, -0.2) is 24.1 Å². The lowest BCUT2D eigenvalue weighted by atomic mass is 9.89. The molecule has 1 aromatic rings. The van der Waals surface area contributed by atoms with Crippen LogP contribution in [0.3, 0.4) is 0 Å². The summed E-state index contributed by atoms with van der Waals surface area (Å²) in [6.07, 6.45) is 1.23. The molecule has 2 rings (SSSR count). The van der Waals surface area contributed by atoms with E-state index in [2.05, 4.69) is 23.1 Å². The fourth-order valence-electron chi connectivity index (χ4n) is 2.21. The summed E-state index contributed by atoms with van der Waals surface area (Å²) < 4.78 is 9.81. The van der Waals surface area contributed by atoms with E-state index in [-0.39, 0.29) is 0 Å². The van der Waals surface area contributed by atoms with Gasteiger partial charge in [-0.3, -0.25) is 0 Å². The predicted molar refractivity (Wildman–Crippen MR) is 72.9 cm³/mol. The van der Waals surface area contributed by atoms with Crippen LogP contribution in [0.2, 0.25) is 0 Å². The van der Waals surface area contributed by atoms with E-state index in [4.69, 9.17) is 10.5 Å². The van der Waals surface area contributed by atoms with Crippen LogP contribution in [0.4, 0.5) is 10.8 Å². The number of nitrogens with two attached hydrogens (primary N) is 1. The number of ether oxygens (including phenoxy) is 1. The molecule has 2 atom stereocenters.